The minimum absolute atomic E-state index is 0.157. The van der Waals surface area contributed by atoms with Gasteiger partial charge in [0.05, 0.1) is 22.1 Å². The molecule has 7 heteroatoms. The van der Waals surface area contributed by atoms with Crippen molar-refractivity contribution in [2.24, 2.45) is 7.05 Å². The van der Waals surface area contributed by atoms with Gasteiger partial charge < -0.3 is 5.32 Å². The van der Waals surface area contributed by atoms with E-state index in [1.165, 1.54) is 0 Å². The van der Waals surface area contributed by atoms with E-state index in [9.17, 15) is 4.79 Å². The van der Waals surface area contributed by atoms with Crippen molar-refractivity contribution < 1.29 is 4.79 Å². The van der Waals surface area contributed by atoms with Crippen molar-refractivity contribution >= 4 is 23.2 Å². The van der Waals surface area contributed by atoms with Gasteiger partial charge in [-0.05, 0) is 20.8 Å². The van der Waals surface area contributed by atoms with E-state index in [0.717, 1.165) is 5.69 Å². The zero-order chi connectivity index (χ0) is 14.2. The number of anilines is 1. The molecule has 0 aromatic carbocycles. The first-order chi connectivity index (χ1) is 8.88. The van der Waals surface area contributed by atoms with Crippen molar-refractivity contribution in [1.82, 2.24) is 19.6 Å². The molecule has 1 amide bonds. The van der Waals surface area contributed by atoms with Crippen LogP contribution in [0.15, 0.2) is 12.4 Å². The Kier molecular flexibility index (Phi) is 3.61. The molecule has 1 atom stereocenters. The summed E-state index contributed by atoms with van der Waals surface area (Å²) >= 11 is 5.94. The van der Waals surface area contributed by atoms with Gasteiger partial charge in [0.15, 0.2) is 0 Å². The van der Waals surface area contributed by atoms with E-state index < -0.39 is 6.04 Å². The number of rotatable bonds is 3. The number of amides is 1. The molecule has 0 saturated heterocycles. The Hall–Kier alpha value is -1.82. The fourth-order valence-electron chi connectivity index (χ4n) is 1.74. The van der Waals surface area contributed by atoms with E-state index in [1.807, 2.05) is 14.0 Å². The highest BCUT2D eigenvalue weighted by molar-refractivity contribution is 6.31. The molecule has 2 heterocycles. The van der Waals surface area contributed by atoms with Crippen LogP contribution in [0.25, 0.3) is 0 Å². The Bertz CT molecular complexity index is 596. The van der Waals surface area contributed by atoms with Crippen LogP contribution >= 0.6 is 11.6 Å². The first-order valence-corrected chi connectivity index (χ1v) is 6.28. The molecule has 0 fully saturated rings. The molecule has 1 N–H and O–H groups in total. The first kappa shape index (κ1) is 13.6. The van der Waals surface area contributed by atoms with Gasteiger partial charge in [-0.2, -0.15) is 10.2 Å². The summed E-state index contributed by atoms with van der Waals surface area (Å²) in [4.78, 5) is 12.1. The normalized spacial score (nSPS) is 12.5. The lowest BCUT2D eigenvalue weighted by atomic mass is 10.3. The molecule has 0 aliphatic heterocycles. The topological polar surface area (TPSA) is 64.7 Å². The van der Waals surface area contributed by atoms with Gasteiger partial charge in [0.2, 0.25) is 5.91 Å². The van der Waals surface area contributed by atoms with Gasteiger partial charge >= 0.3 is 0 Å². The second-order valence-electron chi connectivity index (χ2n) is 4.51. The highest BCUT2D eigenvalue weighted by Gasteiger charge is 2.18. The zero-order valence-electron chi connectivity index (χ0n) is 11.3. The quantitative estimate of drug-likeness (QED) is 0.937. The number of halogens is 1. The average molecular weight is 282 g/mol. The predicted octanol–water partition coefficient (Wildman–Crippen LogP) is 2.09. The molecule has 2 rings (SSSR count). The minimum Gasteiger partial charge on any atom is -0.321 e. The van der Waals surface area contributed by atoms with Crippen molar-refractivity contribution in [1.29, 1.82) is 0 Å². The van der Waals surface area contributed by atoms with Gasteiger partial charge in [0, 0.05) is 19.4 Å². The summed E-state index contributed by atoms with van der Waals surface area (Å²) in [5, 5.41) is 11.8. The maximum atomic E-state index is 12.1. The fraction of sp³-hybridized carbons (Fsp3) is 0.417. The van der Waals surface area contributed by atoms with Gasteiger partial charge in [-0.25, -0.2) is 0 Å². The molecule has 19 heavy (non-hydrogen) atoms. The lowest BCUT2D eigenvalue weighted by Crippen LogP contribution is -2.24. The molecule has 0 aliphatic rings. The fourth-order valence-corrected chi connectivity index (χ4v) is 1.88. The van der Waals surface area contributed by atoms with E-state index in [4.69, 9.17) is 11.6 Å². The van der Waals surface area contributed by atoms with E-state index in [1.54, 1.807) is 35.6 Å². The summed E-state index contributed by atoms with van der Waals surface area (Å²) in [5.41, 5.74) is 2.19. The smallest absolute Gasteiger partial charge is 0.249 e. The van der Waals surface area contributed by atoms with Crippen LogP contribution in [-0.4, -0.2) is 25.5 Å². The molecular formula is C12H16ClN5O. The molecule has 6 nitrogen and oxygen atoms in total. The van der Waals surface area contributed by atoms with E-state index in [0.29, 0.717) is 16.4 Å². The third kappa shape index (κ3) is 2.78. The summed E-state index contributed by atoms with van der Waals surface area (Å²) < 4.78 is 3.21. The van der Waals surface area contributed by atoms with E-state index >= 15 is 0 Å². The number of nitrogens with zero attached hydrogens (tertiary/aromatic N) is 4. The summed E-state index contributed by atoms with van der Waals surface area (Å²) in [7, 11) is 1.81. The third-order valence-electron chi connectivity index (χ3n) is 2.90. The monoisotopic (exact) mass is 281 g/mol. The minimum atomic E-state index is -0.439. The number of hydrogen-bond donors (Lipinski definition) is 1. The van der Waals surface area contributed by atoms with Crippen LogP contribution in [0.5, 0.6) is 0 Å². The van der Waals surface area contributed by atoms with Gasteiger partial charge in [0.25, 0.3) is 0 Å². The summed E-state index contributed by atoms with van der Waals surface area (Å²) in [5.74, 6) is -0.157. The van der Waals surface area contributed by atoms with Gasteiger partial charge in [-0.15, -0.1) is 0 Å². The number of aromatic nitrogens is 4. The lowest BCUT2D eigenvalue weighted by Gasteiger charge is -2.11. The number of nitrogens with one attached hydrogen (secondary N) is 1. The molecule has 0 bridgehead atoms. The van der Waals surface area contributed by atoms with Crippen LogP contribution in [0.4, 0.5) is 5.69 Å². The van der Waals surface area contributed by atoms with Crippen molar-refractivity contribution in [3.63, 3.8) is 0 Å². The predicted molar refractivity (Wildman–Crippen MR) is 73.3 cm³/mol. The van der Waals surface area contributed by atoms with Crippen molar-refractivity contribution in [2.75, 3.05) is 5.32 Å². The summed E-state index contributed by atoms with van der Waals surface area (Å²) in [6.45, 7) is 5.41. The highest BCUT2D eigenvalue weighted by Crippen LogP contribution is 2.18. The van der Waals surface area contributed by atoms with Crippen molar-refractivity contribution in [3.05, 3.63) is 28.8 Å². The largest absolute Gasteiger partial charge is 0.321 e. The second-order valence-corrected chi connectivity index (χ2v) is 4.92. The number of carbonyl (C=O) groups excluding carboxylic acids is 1. The standard InChI is InChI=1S/C12H16ClN5O/c1-7-10(13)5-18(16-7)9(3)12(19)14-11-6-17(4)15-8(11)2/h5-6,9H,1-4H3,(H,14,19). The van der Waals surface area contributed by atoms with E-state index in [2.05, 4.69) is 15.5 Å². The highest BCUT2D eigenvalue weighted by atomic mass is 35.5. The first-order valence-electron chi connectivity index (χ1n) is 5.91. The van der Waals surface area contributed by atoms with Crippen molar-refractivity contribution in [3.8, 4) is 0 Å². The molecule has 0 radical (unpaired) electrons. The average Bonchev–Trinajstić information content (AvgIpc) is 2.82. The van der Waals surface area contributed by atoms with Gasteiger partial charge in [-0.3, -0.25) is 14.2 Å². The zero-order valence-corrected chi connectivity index (χ0v) is 12.1. The number of aryl methyl sites for hydroxylation is 3. The lowest BCUT2D eigenvalue weighted by molar-refractivity contribution is -0.119. The van der Waals surface area contributed by atoms with Crippen LogP contribution in [-0.2, 0) is 11.8 Å². The Morgan fingerprint density at radius 2 is 2.00 bits per heavy atom. The molecule has 0 saturated carbocycles. The third-order valence-corrected chi connectivity index (χ3v) is 3.28. The molecule has 0 spiro atoms. The Morgan fingerprint density at radius 3 is 2.47 bits per heavy atom. The summed E-state index contributed by atoms with van der Waals surface area (Å²) in [6.07, 6.45) is 3.42. The number of carbonyl (C=O) groups is 1. The van der Waals surface area contributed by atoms with Gasteiger partial charge in [-0.1, -0.05) is 11.6 Å². The van der Waals surface area contributed by atoms with Crippen LogP contribution < -0.4 is 5.32 Å². The summed E-state index contributed by atoms with van der Waals surface area (Å²) in [6, 6.07) is -0.439. The molecule has 102 valence electrons. The molecule has 2 aromatic rings. The molecule has 2 aromatic heterocycles. The van der Waals surface area contributed by atoms with Crippen LogP contribution in [0.1, 0.15) is 24.4 Å². The maximum absolute atomic E-state index is 12.1. The number of hydrogen-bond acceptors (Lipinski definition) is 3. The van der Waals surface area contributed by atoms with Crippen LogP contribution in [0.3, 0.4) is 0 Å². The van der Waals surface area contributed by atoms with Crippen LogP contribution in [0.2, 0.25) is 5.02 Å². The Balaban J connectivity index is 2.13. The Labute approximate surface area is 116 Å². The van der Waals surface area contributed by atoms with Crippen LogP contribution in [0, 0.1) is 13.8 Å². The molecule has 1 unspecified atom stereocenters. The Morgan fingerprint density at radius 1 is 1.32 bits per heavy atom. The second kappa shape index (κ2) is 5.05. The van der Waals surface area contributed by atoms with Crippen molar-refractivity contribution in [2.45, 2.75) is 26.8 Å². The molecule has 0 aliphatic carbocycles. The maximum Gasteiger partial charge on any atom is 0.249 e. The SMILES string of the molecule is Cc1nn(C(C)C(=O)Nc2cn(C)nc2C)cc1Cl. The molecular weight excluding hydrogens is 266 g/mol. The van der Waals surface area contributed by atoms with Gasteiger partial charge in [0.1, 0.15) is 6.04 Å². The van der Waals surface area contributed by atoms with E-state index in [-0.39, 0.29) is 5.91 Å².